The van der Waals surface area contributed by atoms with Crippen LogP contribution in [0.25, 0.3) is 21.4 Å². The van der Waals surface area contributed by atoms with Gasteiger partial charge >= 0.3 is 0 Å². The molecular formula is C17H13N5S. The van der Waals surface area contributed by atoms with Gasteiger partial charge in [0, 0.05) is 23.5 Å². The van der Waals surface area contributed by atoms with Crippen molar-refractivity contribution in [1.82, 2.24) is 24.8 Å². The topological polar surface area (TPSA) is 58.9 Å². The van der Waals surface area contributed by atoms with Crippen LogP contribution in [0.1, 0.15) is 22.8 Å². The lowest BCUT2D eigenvalue weighted by atomic mass is 10.1. The summed E-state index contributed by atoms with van der Waals surface area (Å²) in [5, 5.41) is 15.6. The van der Waals surface area contributed by atoms with Crippen LogP contribution in [-0.2, 0) is 6.42 Å². The molecule has 0 atom stereocenters. The Labute approximate surface area is 136 Å². The summed E-state index contributed by atoms with van der Waals surface area (Å²) in [6.45, 7) is 0. The van der Waals surface area contributed by atoms with E-state index >= 15 is 0 Å². The third-order valence-electron chi connectivity index (χ3n) is 4.12. The smallest absolute Gasteiger partial charge is 0.234 e. The first-order valence-electron chi connectivity index (χ1n) is 7.51. The molecule has 1 N–H and O–H groups in total. The predicted molar refractivity (Wildman–Crippen MR) is 91.5 cm³/mol. The quantitative estimate of drug-likeness (QED) is 0.627. The Morgan fingerprint density at radius 1 is 1.22 bits per heavy atom. The average molecular weight is 319 g/mol. The fraction of sp³-hybridized carbons (Fsp3) is 0.118. The van der Waals surface area contributed by atoms with E-state index in [9.17, 15) is 0 Å². The number of hydrogen-bond acceptors (Lipinski definition) is 4. The molecule has 112 valence electrons. The van der Waals surface area contributed by atoms with Gasteiger partial charge < -0.3 is 4.98 Å². The number of fused-ring (bicyclic) bond motifs is 2. The number of rotatable bonds is 3. The molecule has 6 heteroatoms. The molecule has 23 heavy (non-hydrogen) atoms. The van der Waals surface area contributed by atoms with Gasteiger partial charge in [0.2, 0.25) is 4.96 Å². The maximum Gasteiger partial charge on any atom is 0.234 e. The molecule has 0 amide bonds. The van der Waals surface area contributed by atoms with Crippen LogP contribution in [0.5, 0.6) is 0 Å². The molecule has 3 heterocycles. The first kappa shape index (κ1) is 12.8. The van der Waals surface area contributed by atoms with Crippen molar-refractivity contribution in [2.75, 3.05) is 0 Å². The highest BCUT2D eigenvalue weighted by molar-refractivity contribution is 7.17. The van der Waals surface area contributed by atoms with E-state index in [2.05, 4.69) is 51.6 Å². The lowest BCUT2D eigenvalue weighted by molar-refractivity contribution is 0.848. The van der Waals surface area contributed by atoms with Crippen molar-refractivity contribution in [3.05, 3.63) is 65.1 Å². The van der Waals surface area contributed by atoms with Gasteiger partial charge in [-0.25, -0.2) is 0 Å². The second kappa shape index (κ2) is 4.89. The lowest BCUT2D eigenvalue weighted by Gasteiger charge is -1.97. The zero-order valence-corrected chi connectivity index (χ0v) is 13.0. The molecule has 0 unspecified atom stereocenters. The minimum Gasteiger partial charge on any atom is -0.361 e. The van der Waals surface area contributed by atoms with E-state index in [0.29, 0.717) is 6.42 Å². The molecular weight excluding hydrogens is 306 g/mol. The predicted octanol–water partition coefficient (Wildman–Crippen LogP) is 3.60. The number of benzene rings is 1. The number of H-pyrrole nitrogens is 1. The zero-order chi connectivity index (χ0) is 15.2. The Balaban J connectivity index is 1.55. The molecule has 0 saturated heterocycles. The van der Waals surface area contributed by atoms with Crippen LogP contribution >= 0.6 is 11.3 Å². The molecule has 0 saturated carbocycles. The zero-order valence-electron chi connectivity index (χ0n) is 12.2. The maximum atomic E-state index is 4.71. The summed E-state index contributed by atoms with van der Waals surface area (Å²) in [6, 6.07) is 8.30. The van der Waals surface area contributed by atoms with Gasteiger partial charge in [-0.3, -0.25) is 0 Å². The Hall–Kier alpha value is -2.73. The standard InChI is InChI=1S/C17H13N5S/c1-2-6-11(5-1)16-21-22-15(19-20-17(22)23-16)9-12-10-18-14-8-4-3-7-13(12)14/h1-5,7-8,10,18H,6,9H2. The number of nitrogens with one attached hydrogen (secondary N) is 1. The van der Waals surface area contributed by atoms with Crippen molar-refractivity contribution in [3.8, 4) is 0 Å². The molecule has 1 aliphatic rings. The molecule has 5 nitrogen and oxygen atoms in total. The fourth-order valence-electron chi connectivity index (χ4n) is 2.95. The van der Waals surface area contributed by atoms with Crippen molar-refractivity contribution in [2.24, 2.45) is 0 Å². The SMILES string of the molecule is C1=CCC(c2nn3c(Cc4c[nH]c5ccccc45)nnc3s2)=C1. The summed E-state index contributed by atoms with van der Waals surface area (Å²) in [6.07, 6.45) is 10.0. The Kier molecular flexibility index (Phi) is 2.72. The van der Waals surface area contributed by atoms with Gasteiger partial charge in [-0.1, -0.05) is 47.8 Å². The minimum atomic E-state index is 0.714. The van der Waals surface area contributed by atoms with Crippen LogP contribution in [-0.4, -0.2) is 24.8 Å². The summed E-state index contributed by atoms with van der Waals surface area (Å²) in [7, 11) is 0. The molecule has 0 bridgehead atoms. The Morgan fingerprint density at radius 3 is 3.09 bits per heavy atom. The van der Waals surface area contributed by atoms with Crippen LogP contribution in [0.2, 0.25) is 0 Å². The van der Waals surface area contributed by atoms with Crippen molar-refractivity contribution >= 4 is 32.8 Å². The second-order valence-electron chi connectivity index (χ2n) is 5.58. The van der Waals surface area contributed by atoms with Gasteiger partial charge in [0.15, 0.2) is 5.82 Å². The van der Waals surface area contributed by atoms with E-state index in [4.69, 9.17) is 5.10 Å². The average Bonchev–Trinajstić information content (AvgIpc) is 3.32. The highest BCUT2D eigenvalue weighted by Crippen LogP contribution is 2.28. The Morgan fingerprint density at radius 2 is 2.17 bits per heavy atom. The third kappa shape index (κ3) is 2.03. The molecule has 5 rings (SSSR count). The summed E-state index contributed by atoms with van der Waals surface area (Å²) in [5.41, 5.74) is 3.61. The lowest BCUT2D eigenvalue weighted by Crippen LogP contribution is -1.97. The van der Waals surface area contributed by atoms with E-state index in [0.717, 1.165) is 27.7 Å². The molecule has 0 radical (unpaired) electrons. The van der Waals surface area contributed by atoms with Gasteiger partial charge in [-0.2, -0.15) is 9.61 Å². The second-order valence-corrected chi connectivity index (χ2v) is 6.53. The van der Waals surface area contributed by atoms with E-state index in [-0.39, 0.29) is 0 Å². The van der Waals surface area contributed by atoms with Gasteiger partial charge in [-0.05, 0) is 23.6 Å². The number of para-hydroxylation sites is 1. The normalized spacial score (nSPS) is 14.2. The van der Waals surface area contributed by atoms with Crippen LogP contribution in [0.3, 0.4) is 0 Å². The van der Waals surface area contributed by atoms with Crippen LogP contribution < -0.4 is 0 Å². The molecule has 0 aliphatic heterocycles. The van der Waals surface area contributed by atoms with Gasteiger partial charge in [0.05, 0.1) is 0 Å². The van der Waals surface area contributed by atoms with Crippen molar-refractivity contribution in [3.63, 3.8) is 0 Å². The highest BCUT2D eigenvalue weighted by Gasteiger charge is 2.16. The summed E-state index contributed by atoms with van der Waals surface area (Å²) in [4.78, 5) is 4.16. The van der Waals surface area contributed by atoms with E-state index in [1.165, 1.54) is 16.5 Å². The molecule has 0 spiro atoms. The molecule has 3 aromatic heterocycles. The van der Waals surface area contributed by atoms with E-state index in [1.807, 2.05) is 16.8 Å². The van der Waals surface area contributed by atoms with Crippen LogP contribution in [0.15, 0.2) is 48.7 Å². The third-order valence-corrected chi connectivity index (χ3v) is 5.10. The maximum absolute atomic E-state index is 4.71. The highest BCUT2D eigenvalue weighted by atomic mass is 32.1. The molecule has 0 fully saturated rings. The van der Waals surface area contributed by atoms with Crippen molar-refractivity contribution in [2.45, 2.75) is 12.8 Å². The van der Waals surface area contributed by atoms with E-state index in [1.54, 1.807) is 11.3 Å². The van der Waals surface area contributed by atoms with Gasteiger partial charge in [0.25, 0.3) is 0 Å². The monoisotopic (exact) mass is 319 g/mol. The molecule has 1 aliphatic carbocycles. The first-order valence-corrected chi connectivity index (χ1v) is 8.32. The van der Waals surface area contributed by atoms with Gasteiger partial charge in [-0.15, -0.1) is 10.2 Å². The molecule has 4 aromatic rings. The largest absolute Gasteiger partial charge is 0.361 e. The molecule has 1 aromatic carbocycles. The fourth-order valence-corrected chi connectivity index (χ4v) is 3.84. The van der Waals surface area contributed by atoms with Gasteiger partial charge in [0.1, 0.15) is 5.01 Å². The van der Waals surface area contributed by atoms with Crippen LogP contribution in [0.4, 0.5) is 0 Å². The number of hydrogen-bond donors (Lipinski definition) is 1. The van der Waals surface area contributed by atoms with E-state index < -0.39 is 0 Å². The minimum absolute atomic E-state index is 0.714. The number of nitrogens with zero attached hydrogens (tertiary/aromatic N) is 4. The first-order chi connectivity index (χ1) is 11.4. The summed E-state index contributed by atoms with van der Waals surface area (Å²) >= 11 is 1.59. The number of aromatic nitrogens is 5. The van der Waals surface area contributed by atoms with Crippen LogP contribution in [0, 0.1) is 0 Å². The summed E-state index contributed by atoms with van der Waals surface area (Å²) < 4.78 is 1.88. The summed E-state index contributed by atoms with van der Waals surface area (Å²) in [5.74, 6) is 0.874. The Bertz CT molecular complexity index is 1080. The number of allylic oxidation sites excluding steroid dienone is 4. The van der Waals surface area contributed by atoms with Crippen molar-refractivity contribution in [1.29, 1.82) is 0 Å². The van der Waals surface area contributed by atoms with Crippen molar-refractivity contribution < 1.29 is 0 Å². The number of aromatic amines is 1.